The molecule has 2 aromatic carbocycles. The average Bonchev–Trinajstić information content (AvgIpc) is 3.18. The number of likely N-dealkylation sites (tertiary alicyclic amines) is 1. The fraction of sp³-hybridized carbons (Fsp3) is 0.381. The minimum atomic E-state index is 0.0643. The van der Waals surface area contributed by atoms with Crippen LogP contribution in [0.25, 0.3) is 0 Å². The van der Waals surface area contributed by atoms with Gasteiger partial charge in [-0.15, -0.1) is 11.8 Å². The van der Waals surface area contributed by atoms with Gasteiger partial charge in [-0.05, 0) is 42.7 Å². The Balaban J connectivity index is 1.63. The largest absolute Gasteiger partial charge is 0.497 e. The van der Waals surface area contributed by atoms with Crippen molar-refractivity contribution < 1.29 is 14.3 Å². The highest BCUT2D eigenvalue weighted by Gasteiger charge is 2.31. The van der Waals surface area contributed by atoms with Crippen LogP contribution in [0.2, 0.25) is 5.02 Å². The third kappa shape index (κ3) is 4.90. The van der Waals surface area contributed by atoms with E-state index in [0.29, 0.717) is 5.75 Å². The Labute approximate surface area is 169 Å². The number of benzene rings is 2. The Morgan fingerprint density at radius 1 is 1.19 bits per heavy atom. The maximum absolute atomic E-state index is 12.8. The first kappa shape index (κ1) is 19.9. The molecule has 1 saturated heterocycles. The van der Waals surface area contributed by atoms with Crippen LogP contribution >= 0.6 is 23.4 Å². The quantitative estimate of drug-likeness (QED) is 0.653. The van der Waals surface area contributed by atoms with Crippen LogP contribution in [-0.2, 0) is 10.5 Å². The Bertz CT molecular complexity index is 781. The van der Waals surface area contributed by atoms with Gasteiger partial charge < -0.3 is 14.4 Å². The summed E-state index contributed by atoms with van der Waals surface area (Å²) in [7, 11) is 3.29. The normalized spacial score (nSPS) is 16.4. The van der Waals surface area contributed by atoms with Crippen LogP contribution in [0.15, 0.2) is 42.5 Å². The van der Waals surface area contributed by atoms with Gasteiger partial charge >= 0.3 is 0 Å². The number of hydrogen-bond donors (Lipinski definition) is 0. The number of hydrogen-bond acceptors (Lipinski definition) is 4. The molecule has 1 unspecified atom stereocenters. The van der Waals surface area contributed by atoms with Crippen LogP contribution in [0.1, 0.15) is 30.0 Å². The molecular weight excluding hydrogens is 382 g/mol. The standard InChI is InChI=1S/C21H24ClNO3S/c1-25-17-9-10-18(20(12-17)26-2)19-4-3-11-23(19)21(24)14-27-13-15-5-7-16(22)8-6-15/h5-10,12,19H,3-4,11,13-14H2,1-2H3. The molecule has 0 N–H and O–H groups in total. The molecule has 1 aliphatic heterocycles. The molecule has 0 bridgehead atoms. The van der Waals surface area contributed by atoms with E-state index in [4.69, 9.17) is 21.1 Å². The third-order valence-corrected chi connectivity index (χ3v) is 6.02. The second-order valence-corrected chi connectivity index (χ2v) is 7.89. The van der Waals surface area contributed by atoms with Gasteiger partial charge in [0.05, 0.1) is 26.0 Å². The summed E-state index contributed by atoms with van der Waals surface area (Å²) in [5.74, 6) is 2.97. The van der Waals surface area contributed by atoms with E-state index in [2.05, 4.69) is 0 Å². The number of carbonyl (C=O) groups is 1. The molecule has 1 heterocycles. The smallest absolute Gasteiger partial charge is 0.233 e. The van der Waals surface area contributed by atoms with E-state index in [1.54, 1.807) is 26.0 Å². The summed E-state index contributed by atoms with van der Waals surface area (Å²) >= 11 is 7.55. The molecule has 6 heteroatoms. The molecule has 0 radical (unpaired) electrons. The van der Waals surface area contributed by atoms with Crippen molar-refractivity contribution in [2.45, 2.75) is 24.6 Å². The van der Waals surface area contributed by atoms with E-state index in [0.717, 1.165) is 47.2 Å². The van der Waals surface area contributed by atoms with E-state index in [1.807, 2.05) is 47.4 Å². The summed E-state index contributed by atoms with van der Waals surface area (Å²) in [5, 5.41) is 0.730. The van der Waals surface area contributed by atoms with Gasteiger partial charge in [0.2, 0.25) is 5.91 Å². The van der Waals surface area contributed by atoms with Crippen molar-refractivity contribution >= 4 is 29.3 Å². The Morgan fingerprint density at radius 2 is 1.96 bits per heavy atom. The first-order valence-corrected chi connectivity index (χ1v) is 10.5. The number of thioether (sulfide) groups is 1. The first-order valence-electron chi connectivity index (χ1n) is 8.96. The molecule has 1 fully saturated rings. The molecule has 0 aliphatic carbocycles. The van der Waals surface area contributed by atoms with Gasteiger partial charge in [0.1, 0.15) is 11.5 Å². The number of carbonyl (C=O) groups excluding carboxylic acids is 1. The van der Waals surface area contributed by atoms with Crippen molar-refractivity contribution in [3.8, 4) is 11.5 Å². The number of methoxy groups -OCH3 is 2. The van der Waals surface area contributed by atoms with E-state index in [9.17, 15) is 4.79 Å². The molecule has 3 rings (SSSR count). The predicted molar refractivity (Wildman–Crippen MR) is 111 cm³/mol. The zero-order valence-corrected chi connectivity index (χ0v) is 17.2. The summed E-state index contributed by atoms with van der Waals surface area (Å²) in [6.07, 6.45) is 1.96. The molecular formula is C21H24ClNO3S. The molecule has 27 heavy (non-hydrogen) atoms. The fourth-order valence-electron chi connectivity index (χ4n) is 3.40. The molecule has 0 aromatic heterocycles. The third-order valence-electron chi connectivity index (χ3n) is 4.78. The van der Waals surface area contributed by atoms with Crippen molar-refractivity contribution in [3.05, 3.63) is 58.6 Å². The zero-order valence-electron chi connectivity index (χ0n) is 15.6. The minimum Gasteiger partial charge on any atom is -0.497 e. The Hall–Kier alpha value is -1.85. The molecule has 2 aromatic rings. The Morgan fingerprint density at radius 3 is 2.67 bits per heavy atom. The van der Waals surface area contributed by atoms with E-state index in [1.165, 1.54) is 5.56 Å². The lowest BCUT2D eigenvalue weighted by atomic mass is 10.0. The number of halogens is 1. The molecule has 0 spiro atoms. The second-order valence-electron chi connectivity index (χ2n) is 6.47. The van der Waals surface area contributed by atoms with Crippen molar-refractivity contribution in [2.75, 3.05) is 26.5 Å². The highest BCUT2D eigenvalue weighted by atomic mass is 35.5. The maximum Gasteiger partial charge on any atom is 0.233 e. The first-order chi connectivity index (χ1) is 13.1. The summed E-state index contributed by atoms with van der Waals surface area (Å²) in [6.45, 7) is 0.792. The molecule has 1 amide bonds. The Kier molecular flexibility index (Phi) is 6.91. The lowest BCUT2D eigenvalue weighted by Crippen LogP contribution is -2.32. The maximum atomic E-state index is 12.8. The van der Waals surface area contributed by atoms with E-state index < -0.39 is 0 Å². The summed E-state index contributed by atoms with van der Waals surface area (Å²) in [4.78, 5) is 14.8. The van der Waals surface area contributed by atoms with Crippen LogP contribution in [0.5, 0.6) is 11.5 Å². The zero-order chi connectivity index (χ0) is 19.2. The fourth-order valence-corrected chi connectivity index (χ4v) is 4.40. The monoisotopic (exact) mass is 405 g/mol. The highest BCUT2D eigenvalue weighted by Crippen LogP contribution is 2.39. The molecule has 4 nitrogen and oxygen atoms in total. The van der Waals surface area contributed by atoms with Gasteiger partial charge in [0.15, 0.2) is 0 Å². The van der Waals surface area contributed by atoms with E-state index >= 15 is 0 Å². The van der Waals surface area contributed by atoms with Crippen molar-refractivity contribution in [2.24, 2.45) is 0 Å². The van der Waals surface area contributed by atoms with Gasteiger partial charge in [0, 0.05) is 29.0 Å². The molecule has 1 aliphatic rings. The minimum absolute atomic E-state index is 0.0643. The summed E-state index contributed by atoms with van der Waals surface area (Å²) in [6, 6.07) is 13.6. The van der Waals surface area contributed by atoms with Gasteiger partial charge in [0.25, 0.3) is 0 Å². The van der Waals surface area contributed by atoms with Gasteiger partial charge in [-0.2, -0.15) is 0 Å². The SMILES string of the molecule is COc1ccc(C2CCCN2C(=O)CSCc2ccc(Cl)cc2)c(OC)c1. The number of rotatable bonds is 7. The topological polar surface area (TPSA) is 38.8 Å². The van der Waals surface area contributed by atoms with Gasteiger partial charge in [-0.25, -0.2) is 0 Å². The van der Waals surface area contributed by atoms with E-state index in [-0.39, 0.29) is 11.9 Å². The van der Waals surface area contributed by atoms with Crippen LogP contribution in [0.3, 0.4) is 0 Å². The van der Waals surface area contributed by atoms with Crippen molar-refractivity contribution in [1.29, 1.82) is 0 Å². The highest BCUT2D eigenvalue weighted by molar-refractivity contribution is 7.99. The lowest BCUT2D eigenvalue weighted by Gasteiger charge is -2.26. The number of ether oxygens (including phenoxy) is 2. The van der Waals surface area contributed by atoms with Crippen LogP contribution in [-0.4, -0.2) is 37.3 Å². The summed E-state index contributed by atoms with van der Waals surface area (Å²) < 4.78 is 10.8. The van der Waals surface area contributed by atoms with Crippen molar-refractivity contribution in [1.82, 2.24) is 4.90 Å². The predicted octanol–water partition coefficient (Wildman–Crippen LogP) is 4.95. The lowest BCUT2D eigenvalue weighted by molar-refractivity contribution is -0.129. The van der Waals surface area contributed by atoms with Crippen LogP contribution in [0.4, 0.5) is 0 Å². The van der Waals surface area contributed by atoms with Gasteiger partial charge in [-0.3, -0.25) is 4.79 Å². The molecule has 0 saturated carbocycles. The van der Waals surface area contributed by atoms with Crippen LogP contribution in [0, 0.1) is 0 Å². The van der Waals surface area contributed by atoms with Crippen LogP contribution < -0.4 is 9.47 Å². The molecule has 144 valence electrons. The average molecular weight is 406 g/mol. The summed E-state index contributed by atoms with van der Waals surface area (Å²) in [5.41, 5.74) is 2.22. The second kappa shape index (κ2) is 9.38. The molecule has 1 atom stereocenters. The number of nitrogens with zero attached hydrogens (tertiary/aromatic N) is 1. The van der Waals surface area contributed by atoms with Gasteiger partial charge in [-0.1, -0.05) is 23.7 Å². The number of amides is 1. The van der Waals surface area contributed by atoms with Crippen molar-refractivity contribution in [3.63, 3.8) is 0 Å².